The van der Waals surface area contributed by atoms with Crippen molar-refractivity contribution in [2.75, 3.05) is 26.8 Å². The Bertz CT molecular complexity index is 1170. The summed E-state index contributed by atoms with van der Waals surface area (Å²) in [4.78, 5) is 9.68. The van der Waals surface area contributed by atoms with Gasteiger partial charge in [0.1, 0.15) is 11.2 Å². The molecule has 0 aliphatic heterocycles. The Kier molecular flexibility index (Phi) is 5.76. The van der Waals surface area contributed by atoms with Crippen molar-refractivity contribution in [2.45, 2.75) is 0 Å². The molecule has 4 aromatic rings. The second-order valence-corrected chi connectivity index (χ2v) is 7.10. The molecule has 2 aromatic heterocycles. The zero-order valence-electron chi connectivity index (χ0n) is 16.7. The monoisotopic (exact) mass is 420 g/mol. The minimum Gasteiger partial charge on any atom is -0.493 e. The Balaban J connectivity index is 1.66. The standard InChI is InChI=1S/C22H20N4O3S/c1-27-17-9-14(10-18(28-2)20(17)29-3)11-25-26-21-19-16(15-7-5-4-6-8-15)12-30-22(19)24-13-23-21/h4-13H,1-3H3,(H,23,24,26)/b25-11+. The summed E-state index contributed by atoms with van der Waals surface area (Å²) in [5.41, 5.74) is 6.01. The third kappa shape index (κ3) is 3.77. The summed E-state index contributed by atoms with van der Waals surface area (Å²) >= 11 is 1.58. The van der Waals surface area contributed by atoms with Crippen LogP contribution in [0.15, 0.2) is 59.3 Å². The van der Waals surface area contributed by atoms with Crippen molar-refractivity contribution in [1.82, 2.24) is 9.97 Å². The molecule has 0 aliphatic rings. The normalized spacial score (nSPS) is 11.0. The van der Waals surface area contributed by atoms with Gasteiger partial charge in [0.15, 0.2) is 17.3 Å². The van der Waals surface area contributed by atoms with Crippen LogP contribution in [-0.2, 0) is 0 Å². The number of ether oxygens (including phenoxy) is 3. The van der Waals surface area contributed by atoms with Crippen LogP contribution in [0.1, 0.15) is 5.56 Å². The maximum atomic E-state index is 5.39. The number of anilines is 1. The number of hydrogen-bond acceptors (Lipinski definition) is 8. The fourth-order valence-corrected chi connectivity index (χ4v) is 4.05. The maximum absolute atomic E-state index is 5.39. The first-order valence-electron chi connectivity index (χ1n) is 9.12. The highest BCUT2D eigenvalue weighted by Crippen LogP contribution is 2.38. The first-order chi connectivity index (χ1) is 14.7. The van der Waals surface area contributed by atoms with Gasteiger partial charge in [0.2, 0.25) is 5.75 Å². The van der Waals surface area contributed by atoms with Crippen LogP contribution >= 0.6 is 11.3 Å². The van der Waals surface area contributed by atoms with E-state index in [0.29, 0.717) is 23.1 Å². The van der Waals surface area contributed by atoms with E-state index in [9.17, 15) is 0 Å². The van der Waals surface area contributed by atoms with Crippen LogP contribution in [0, 0.1) is 0 Å². The second-order valence-electron chi connectivity index (χ2n) is 6.25. The van der Waals surface area contributed by atoms with Crippen LogP contribution in [0.25, 0.3) is 21.3 Å². The van der Waals surface area contributed by atoms with Crippen molar-refractivity contribution in [2.24, 2.45) is 5.10 Å². The molecule has 0 aliphatic carbocycles. The summed E-state index contributed by atoms with van der Waals surface area (Å²) in [6.45, 7) is 0. The molecule has 8 heteroatoms. The van der Waals surface area contributed by atoms with Crippen LogP contribution in [-0.4, -0.2) is 37.5 Å². The number of thiophene rings is 1. The van der Waals surface area contributed by atoms with E-state index < -0.39 is 0 Å². The molecule has 2 heterocycles. The highest BCUT2D eigenvalue weighted by Gasteiger charge is 2.14. The zero-order chi connectivity index (χ0) is 20.9. The average molecular weight is 420 g/mol. The van der Waals surface area contributed by atoms with E-state index in [0.717, 1.165) is 26.9 Å². The quantitative estimate of drug-likeness (QED) is 0.341. The lowest BCUT2D eigenvalue weighted by Gasteiger charge is -2.12. The summed E-state index contributed by atoms with van der Waals surface area (Å²) in [5, 5.41) is 7.40. The van der Waals surface area contributed by atoms with Gasteiger partial charge in [0, 0.05) is 16.5 Å². The van der Waals surface area contributed by atoms with Crippen LogP contribution in [0.4, 0.5) is 5.82 Å². The zero-order valence-corrected chi connectivity index (χ0v) is 17.6. The summed E-state index contributed by atoms with van der Waals surface area (Å²) in [6, 6.07) is 13.8. The molecule has 0 saturated heterocycles. The van der Waals surface area contributed by atoms with Crippen LogP contribution in [0.5, 0.6) is 17.2 Å². The molecular formula is C22H20N4O3S. The lowest BCUT2D eigenvalue weighted by Crippen LogP contribution is -1.98. The molecule has 1 N–H and O–H groups in total. The molecule has 0 amide bonds. The molecule has 0 bridgehead atoms. The first-order valence-corrected chi connectivity index (χ1v) is 9.99. The van der Waals surface area contributed by atoms with E-state index in [1.807, 2.05) is 30.3 Å². The number of benzene rings is 2. The SMILES string of the molecule is COc1cc(/C=N/Nc2ncnc3scc(-c4ccccc4)c23)cc(OC)c1OC. The Hall–Kier alpha value is -3.65. The van der Waals surface area contributed by atoms with Crippen molar-refractivity contribution in [3.05, 3.63) is 59.7 Å². The summed E-state index contributed by atoms with van der Waals surface area (Å²) in [7, 11) is 4.73. The van der Waals surface area contributed by atoms with Crippen molar-refractivity contribution < 1.29 is 14.2 Å². The third-order valence-electron chi connectivity index (χ3n) is 4.53. The Labute approximate surface area is 178 Å². The molecule has 7 nitrogen and oxygen atoms in total. The van der Waals surface area contributed by atoms with E-state index in [1.54, 1.807) is 38.9 Å². The second kappa shape index (κ2) is 8.79. The number of aromatic nitrogens is 2. The molecule has 152 valence electrons. The van der Waals surface area contributed by atoms with Gasteiger partial charge in [0.05, 0.1) is 32.9 Å². The number of rotatable bonds is 7. The van der Waals surface area contributed by atoms with E-state index in [4.69, 9.17) is 14.2 Å². The van der Waals surface area contributed by atoms with Gasteiger partial charge in [-0.1, -0.05) is 30.3 Å². The Morgan fingerprint density at radius 2 is 1.70 bits per heavy atom. The number of hydrogen-bond donors (Lipinski definition) is 1. The van der Waals surface area contributed by atoms with Crippen molar-refractivity contribution in [3.8, 4) is 28.4 Å². The number of nitrogens with zero attached hydrogens (tertiary/aromatic N) is 3. The smallest absolute Gasteiger partial charge is 0.203 e. The Morgan fingerprint density at radius 1 is 0.967 bits per heavy atom. The lowest BCUT2D eigenvalue weighted by atomic mass is 10.1. The van der Waals surface area contributed by atoms with Gasteiger partial charge in [-0.3, -0.25) is 5.43 Å². The van der Waals surface area contributed by atoms with Crippen molar-refractivity contribution in [1.29, 1.82) is 0 Å². The van der Waals surface area contributed by atoms with Crippen molar-refractivity contribution in [3.63, 3.8) is 0 Å². The highest BCUT2D eigenvalue weighted by molar-refractivity contribution is 7.17. The number of methoxy groups -OCH3 is 3. The molecule has 2 aromatic carbocycles. The van der Waals surface area contributed by atoms with Gasteiger partial charge >= 0.3 is 0 Å². The van der Waals surface area contributed by atoms with Crippen LogP contribution < -0.4 is 19.6 Å². The van der Waals surface area contributed by atoms with Crippen LogP contribution in [0.2, 0.25) is 0 Å². The molecule has 4 rings (SSSR count). The van der Waals surface area contributed by atoms with Crippen LogP contribution in [0.3, 0.4) is 0 Å². The predicted molar refractivity (Wildman–Crippen MR) is 120 cm³/mol. The molecule has 0 spiro atoms. The summed E-state index contributed by atoms with van der Waals surface area (Å²) in [6.07, 6.45) is 3.21. The maximum Gasteiger partial charge on any atom is 0.203 e. The summed E-state index contributed by atoms with van der Waals surface area (Å²) < 4.78 is 16.1. The molecule has 0 radical (unpaired) electrons. The molecule has 0 saturated carbocycles. The molecule has 30 heavy (non-hydrogen) atoms. The van der Waals surface area contributed by atoms with E-state index >= 15 is 0 Å². The third-order valence-corrected chi connectivity index (χ3v) is 5.41. The highest BCUT2D eigenvalue weighted by atomic mass is 32.1. The topological polar surface area (TPSA) is 77.9 Å². The van der Waals surface area contributed by atoms with Gasteiger partial charge in [-0.05, 0) is 17.7 Å². The van der Waals surface area contributed by atoms with Gasteiger partial charge in [0.25, 0.3) is 0 Å². The van der Waals surface area contributed by atoms with Gasteiger partial charge in [-0.25, -0.2) is 9.97 Å². The van der Waals surface area contributed by atoms with Gasteiger partial charge < -0.3 is 14.2 Å². The number of nitrogens with one attached hydrogen (secondary N) is 1. The predicted octanol–water partition coefficient (Wildman–Crippen LogP) is 4.83. The summed E-state index contributed by atoms with van der Waals surface area (Å²) in [5.74, 6) is 2.30. The fraction of sp³-hybridized carbons (Fsp3) is 0.136. The molecule has 0 atom stereocenters. The van der Waals surface area contributed by atoms with E-state index in [-0.39, 0.29) is 0 Å². The van der Waals surface area contributed by atoms with E-state index in [1.165, 1.54) is 6.33 Å². The van der Waals surface area contributed by atoms with Gasteiger partial charge in [-0.2, -0.15) is 5.10 Å². The molecular weight excluding hydrogens is 400 g/mol. The minimum absolute atomic E-state index is 0.536. The first kappa shape index (κ1) is 19.7. The molecule has 0 unspecified atom stereocenters. The largest absolute Gasteiger partial charge is 0.493 e. The molecule has 0 fully saturated rings. The lowest BCUT2D eigenvalue weighted by molar-refractivity contribution is 0.324. The van der Waals surface area contributed by atoms with Gasteiger partial charge in [-0.15, -0.1) is 11.3 Å². The number of fused-ring (bicyclic) bond motifs is 1. The fourth-order valence-electron chi connectivity index (χ4n) is 3.13. The van der Waals surface area contributed by atoms with E-state index in [2.05, 4.69) is 38.0 Å². The number of hydrazone groups is 1. The average Bonchev–Trinajstić information content (AvgIpc) is 3.24. The van der Waals surface area contributed by atoms with Crippen molar-refractivity contribution >= 4 is 33.6 Å². The Morgan fingerprint density at radius 3 is 2.37 bits per heavy atom. The minimum atomic E-state index is 0.536.